The summed E-state index contributed by atoms with van der Waals surface area (Å²) in [5.41, 5.74) is 1.06. The van der Waals surface area contributed by atoms with Gasteiger partial charge in [0.25, 0.3) is 0 Å². The van der Waals surface area contributed by atoms with Gasteiger partial charge in [0, 0.05) is 12.6 Å². The Morgan fingerprint density at radius 2 is 1.82 bits per heavy atom. The maximum atomic E-state index is 10.8. The molecule has 0 saturated carbocycles. The molecule has 0 bridgehead atoms. The molecule has 1 aromatic carbocycles. The zero-order chi connectivity index (χ0) is 13.0. The van der Waals surface area contributed by atoms with Crippen LogP contribution < -0.4 is 0 Å². The third-order valence-corrected chi connectivity index (χ3v) is 3.02. The molecule has 4 nitrogen and oxygen atoms in total. The maximum absolute atomic E-state index is 10.8. The molecule has 94 valence electrons. The zero-order valence-electron chi connectivity index (χ0n) is 10.4. The van der Waals surface area contributed by atoms with E-state index in [0.717, 1.165) is 5.56 Å². The van der Waals surface area contributed by atoms with Crippen LogP contribution in [0.4, 0.5) is 0 Å². The van der Waals surface area contributed by atoms with Gasteiger partial charge in [0.05, 0.1) is 5.92 Å². The SMILES string of the molecule is CC(CN(C)C(C)c1ccc(O)cc1)C(=O)O. The van der Waals surface area contributed by atoms with Crippen LogP contribution in [0.2, 0.25) is 0 Å². The molecule has 0 heterocycles. The lowest BCUT2D eigenvalue weighted by Gasteiger charge is -2.26. The molecule has 2 N–H and O–H groups in total. The van der Waals surface area contributed by atoms with Crippen molar-refractivity contribution in [1.82, 2.24) is 4.90 Å². The molecule has 0 fully saturated rings. The molecule has 2 atom stereocenters. The third kappa shape index (κ3) is 3.75. The number of aliphatic carboxylic acids is 1. The molecule has 0 aliphatic heterocycles. The van der Waals surface area contributed by atoms with Gasteiger partial charge in [0.1, 0.15) is 5.75 Å². The lowest BCUT2D eigenvalue weighted by molar-refractivity contribution is -0.141. The van der Waals surface area contributed by atoms with E-state index in [-0.39, 0.29) is 17.7 Å². The van der Waals surface area contributed by atoms with Crippen molar-refractivity contribution in [2.75, 3.05) is 13.6 Å². The number of phenols is 1. The molecule has 2 unspecified atom stereocenters. The van der Waals surface area contributed by atoms with Crippen LogP contribution >= 0.6 is 0 Å². The number of carbonyl (C=O) groups is 1. The largest absolute Gasteiger partial charge is 0.508 e. The predicted molar refractivity (Wildman–Crippen MR) is 66.0 cm³/mol. The van der Waals surface area contributed by atoms with Crippen molar-refractivity contribution in [3.05, 3.63) is 29.8 Å². The van der Waals surface area contributed by atoms with E-state index in [1.165, 1.54) is 0 Å². The van der Waals surface area contributed by atoms with Crippen LogP contribution in [0.5, 0.6) is 5.75 Å². The number of hydrogen-bond donors (Lipinski definition) is 2. The Kier molecular flexibility index (Phi) is 4.52. The number of phenolic OH excluding ortho intramolecular Hbond substituents is 1. The summed E-state index contributed by atoms with van der Waals surface area (Å²) in [5, 5.41) is 18.1. The number of rotatable bonds is 5. The summed E-state index contributed by atoms with van der Waals surface area (Å²) < 4.78 is 0. The fourth-order valence-corrected chi connectivity index (χ4v) is 1.68. The quantitative estimate of drug-likeness (QED) is 0.823. The Balaban J connectivity index is 2.66. The van der Waals surface area contributed by atoms with Crippen molar-refractivity contribution in [2.45, 2.75) is 19.9 Å². The van der Waals surface area contributed by atoms with E-state index in [1.807, 2.05) is 31.0 Å². The second kappa shape index (κ2) is 5.68. The van der Waals surface area contributed by atoms with Crippen molar-refractivity contribution in [3.8, 4) is 5.75 Å². The van der Waals surface area contributed by atoms with E-state index in [4.69, 9.17) is 5.11 Å². The number of benzene rings is 1. The Morgan fingerprint density at radius 3 is 2.29 bits per heavy atom. The van der Waals surface area contributed by atoms with Gasteiger partial charge in [-0.2, -0.15) is 0 Å². The van der Waals surface area contributed by atoms with E-state index in [0.29, 0.717) is 6.54 Å². The highest BCUT2D eigenvalue weighted by atomic mass is 16.4. The first kappa shape index (κ1) is 13.5. The van der Waals surface area contributed by atoms with Crippen LogP contribution in [-0.4, -0.2) is 34.7 Å². The number of carboxylic acids is 1. The first-order valence-electron chi connectivity index (χ1n) is 5.63. The average Bonchev–Trinajstić information content (AvgIpc) is 2.28. The van der Waals surface area contributed by atoms with Gasteiger partial charge in [-0.15, -0.1) is 0 Å². The Bertz CT molecular complexity index is 375. The Morgan fingerprint density at radius 1 is 1.29 bits per heavy atom. The summed E-state index contributed by atoms with van der Waals surface area (Å²) in [6.07, 6.45) is 0. The van der Waals surface area contributed by atoms with E-state index in [1.54, 1.807) is 19.1 Å². The number of hydrogen-bond acceptors (Lipinski definition) is 3. The van der Waals surface area contributed by atoms with Crippen LogP contribution in [0.15, 0.2) is 24.3 Å². The minimum Gasteiger partial charge on any atom is -0.508 e. The molecule has 4 heteroatoms. The fraction of sp³-hybridized carbons (Fsp3) is 0.462. The van der Waals surface area contributed by atoms with Crippen molar-refractivity contribution < 1.29 is 15.0 Å². The van der Waals surface area contributed by atoms with Gasteiger partial charge in [0.2, 0.25) is 0 Å². The van der Waals surface area contributed by atoms with Gasteiger partial charge in [-0.1, -0.05) is 19.1 Å². The van der Waals surface area contributed by atoms with Crippen LogP contribution in [0.1, 0.15) is 25.5 Å². The topological polar surface area (TPSA) is 60.8 Å². The monoisotopic (exact) mass is 237 g/mol. The first-order valence-corrected chi connectivity index (χ1v) is 5.63. The van der Waals surface area contributed by atoms with E-state index >= 15 is 0 Å². The highest BCUT2D eigenvalue weighted by Crippen LogP contribution is 2.21. The third-order valence-electron chi connectivity index (χ3n) is 3.02. The van der Waals surface area contributed by atoms with Crippen molar-refractivity contribution in [2.24, 2.45) is 5.92 Å². The van der Waals surface area contributed by atoms with Crippen molar-refractivity contribution in [3.63, 3.8) is 0 Å². The predicted octanol–water partition coefficient (Wildman–Crippen LogP) is 2.11. The minimum atomic E-state index is -0.783. The standard InChI is InChI=1S/C13H19NO3/c1-9(13(16)17)8-14(3)10(2)11-4-6-12(15)7-5-11/h4-7,9-10,15H,8H2,1-3H3,(H,16,17). The second-order valence-corrected chi connectivity index (χ2v) is 4.45. The van der Waals surface area contributed by atoms with Gasteiger partial charge in [-0.05, 0) is 31.7 Å². The normalized spacial score (nSPS) is 14.6. The number of carboxylic acid groups (broad SMARTS) is 1. The number of aromatic hydroxyl groups is 1. The smallest absolute Gasteiger partial charge is 0.307 e. The maximum Gasteiger partial charge on any atom is 0.307 e. The summed E-state index contributed by atoms with van der Waals surface area (Å²) in [4.78, 5) is 12.8. The van der Waals surface area contributed by atoms with Crippen LogP contribution in [-0.2, 0) is 4.79 Å². The average molecular weight is 237 g/mol. The first-order chi connectivity index (χ1) is 7.91. The van der Waals surface area contributed by atoms with Gasteiger partial charge in [0.15, 0.2) is 0 Å². The summed E-state index contributed by atoms with van der Waals surface area (Å²) in [6.45, 7) is 4.21. The van der Waals surface area contributed by atoms with Crippen LogP contribution in [0.3, 0.4) is 0 Å². The molecule has 1 rings (SSSR count). The number of nitrogens with zero attached hydrogens (tertiary/aromatic N) is 1. The van der Waals surface area contributed by atoms with Gasteiger partial charge >= 0.3 is 5.97 Å². The van der Waals surface area contributed by atoms with Gasteiger partial charge in [-0.3, -0.25) is 9.69 Å². The molecule has 0 amide bonds. The van der Waals surface area contributed by atoms with E-state index in [2.05, 4.69) is 0 Å². The molecule has 17 heavy (non-hydrogen) atoms. The summed E-state index contributed by atoms with van der Waals surface area (Å²) in [7, 11) is 1.90. The highest BCUT2D eigenvalue weighted by Gasteiger charge is 2.18. The Labute approximate surface area is 101 Å². The molecule has 1 aromatic rings. The zero-order valence-corrected chi connectivity index (χ0v) is 10.4. The molecule has 0 aromatic heterocycles. The summed E-state index contributed by atoms with van der Waals surface area (Å²) in [6, 6.07) is 7.10. The Hall–Kier alpha value is -1.55. The second-order valence-electron chi connectivity index (χ2n) is 4.45. The molecule has 0 aliphatic carbocycles. The van der Waals surface area contributed by atoms with E-state index < -0.39 is 5.97 Å². The summed E-state index contributed by atoms with van der Waals surface area (Å²) >= 11 is 0. The summed E-state index contributed by atoms with van der Waals surface area (Å²) in [5.74, 6) is -0.933. The van der Waals surface area contributed by atoms with E-state index in [9.17, 15) is 9.90 Å². The lowest BCUT2D eigenvalue weighted by Crippen LogP contribution is -2.30. The van der Waals surface area contributed by atoms with Gasteiger partial charge in [-0.25, -0.2) is 0 Å². The molecular formula is C13H19NO3. The van der Waals surface area contributed by atoms with Gasteiger partial charge < -0.3 is 10.2 Å². The molecular weight excluding hydrogens is 218 g/mol. The molecule has 0 aliphatic rings. The van der Waals surface area contributed by atoms with Crippen LogP contribution in [0, 0.1) is 5.92 Å². The molecule has 0 radical (unpaired) electrons. The van der Waals surface area contributed by atoms with Crippen LogP contribution in [0.25, 0.3) is 0 Å². The molecule has 0 saturated heterocycles. The highest BCUT2D eigenvalue weighted by molar-refractivity contribution is 5.69. The minimum absolute atomic E-state index is 0.123. The fourth-order valence-electron chi connectivity index (χ4n) is 1.68. The van der Waals surface area contributed by atoms with Crippen molar-refractivity contribution in [1.29, 1.82) is 0 Å². The molecule has 0 spiro atoms. The lowest BCUT2D eigenvalue weighted by atomic mass is 10.1. The van der Waals surface area contributed by atoms with Crippen molar-refractivity contribution >= 4 is 5.97 Å².